The highest BCUT2D eigenvalue weighted by atomic mass is 16.5. The molecular formula is C18H23N5O4. The number of carbonyl (C=O) groups excluding carboxylic acids is 1. The summed E-state index contributed by atoms with van der Waals surface area (Å²) in [6, 6.07) is 3.05. The van der Waals surface area contributed by atoms with Crippen molar-refractivity contribution >= 4 is 5.91 Å². The molecule has 3 rings (SSSR count). The molecular weight excluding hydrogens is 350 g/mol. The molecule has 3 heterocycles. The maximum atomic E-state index is 12.5. The topological polar surface area (TPSA) is 110 Å². The first-order valence-corrected chi connectivity index (χ1v) is 8.97. The zero-order valence-electron chi connectivity index (χ0n) is 15.5. The van der Waals surface area contributed by atoms with E-state index in [1.165, 1.54) is 16.8 Å². The number of hydrogen-bond donors (Lipinski definition) is 1. The van der Waals surface area contributed by atoms with Gasteiger partial charge in [0, 0.05) is 43.5 Å². The minimum absolute atomic E-state index is 0.0450. The van der Waals surface area contributed by atoms with Gasteiger partial charge >= 0.3 is 5.69 Å². The Hall–Kier alpha value is -2.97. The minimum Gasteiger partial charge on any atom is -0.472 e. The van der Waals surface area contributed by atoms with Crippen LogP contribution in [0.1, 0.15) is 30.8 Å². The van der Waals surface area contributed by atoms with Crippen molar-refractivity contribution in [3.8, 4) is 5.88 Å². The van der Waals surface area contributed by atoms with E-state index in [4.69, 9.17) is 4.74 Å². The lowest BCUT2D eigenvalue weighted by molar-refractivity contribution is -0.134. The Labute approximate surface area is 156 Å². The monoisotopic (exact) mass is 373 g/mol. The predicted octanol–water partition coefficient (Wildman–Crippen LogP) is 0.404. The van der Waals surface area contributed by atoms with Crippen molar-refractivity contribution in [1.29, 1.82) is 0 Å². The normalized spacial score (nSPS) is 17.0. The van der Waals surface area contributed by atoms with E-state index in [1.807, 2.05) is 13.8 Å². The quantitative estimate of drug-likeness (QED) is 0.812. The second kappa shape index (κ2) is 8.15. The largest absolute Gasteiger partial charge is 0.472 e. The van der Waals surface area contributed by atoms with Crippen molar-refractivity contribution in [3.05, 3.63) is 50.7 Å². The van der Waals surface area contributed by atoms with Gasteiger partial charge in [-0.1, -0.05) is 0 Å². The van der Waals surface area contributed by atoms with Crippen molar-refractivity contribution in [2.24, 2.45) is 0 Å². The van der Waals surface area contributed by atoms with Crippen LogP contribution < -0.4 is 16.0 Å². The SMILES string of the molecule is Cc1cc(OC2CCCN(C(=O)CCn3ccc(=O)[nH]c3=O)C2)nc(C)n1. The maximum absolute atomic E-state index is 12.5. The summed E-state index contributed by atoms with van der Waals surface area (Å²) in [5, 5.41) is 0. The summed E-state index contributed by atoms with van der Waals surface area (Å²) in [5.41, 5.74) is -0.119. The molecule has 1 aliphatic rings. The van der Waals surface area contributed by atoms with Gasteiger partial charge in [0.1, 0.15) is 11.9 Å². The average molecular weight is 373 g/mol. The first kappa shape index (κ1) is 18.8. The van der Waals surface area contributed by atoms with Gasteiger partial charge in [-0.2, -0.15) is 4.98 Å². The highest BCUT2D eigenvalue weighted by molar-refractivity contribution is 5.76. The molecule has 0 aliphatic carbocycles. The van der Waals surface area contributed by atoms with Crippen LogP contribution in [-0.2, 0) is 11.3 Å². The van der Waals surface area contributed by atoms with Crippen LogP contribution in [0.2, 0.25) is 0 Å². The smallest absolute Gasteiger partial charge is 0.328 e. The molecule has 2 aromatic rings. The van der Waals surface area contributed by atoms with Gasteiger partial charge in [0.25, 0.3) is 5.56 Å². The minimum atomic E-state index is -0.510. The molecule has 1 saturated heterocycles. The molecule has 1 aliphatic heterocycles. The zero-order chi connectivity index (χ0) is 19.4. The molecule has 9 heteroatoms. The van der Waals surface area contributed by atoms with Crippen LogP contribution in [0.3, 0.4) is 0 Å². The summed E-state index contributed by atoms with van der Waals surface area (Å²) in [4.78, 5) is 47.7. The third kappa shape index (κ3) is 5.02. The molecule has 0 radical (unpaired) electrons. The van der Waals surface area contributed by atoms with E-state index in [1.54, 1.807) is 11.0 Å². The van der Waals surface area contributed by atoms with Gasteiger partial charge in [0.2, 0.25) is 11.8 Å². The van der Waals surface area contributed by atoms with Gasteiger partial charge in [0.05, 0.1) is 6.54 Å². The third-order valence-electron chi connectivity index (χ3n) is 4.42. The fraction of sp³-hybridized carbons (Fsp3) is 0.500. The summed E-state index contributed by atoms with van der Waals surface area (Å²) in [5.74, 6) is 1.13. The number of aryl methyl sites for hydroxylation is 3. The lowest BCUT2D eigenvalue weighted by atomic mass is 10.1. The molecule has 0 saturated carbocycles. The molecule has 0 aromatic carbocycles. The molecule has 1 atom stereocenters. The van der Waals surface area contributed by atoms with E-state index in [2.05, 4.69) is 15.0 Å². The van der Waals surface area contributed by atoms with Crippen LogP contribution in [0.25, 0.3) is 0 Å². The molecule has 1 N–H and O–H groups in total. The Balaban J connectivity index is 1.57. The number of nitrogens with one attached hydrogen (secondary N) is 1. The summed E-state index contributed by atoms with van der Waals surface area (Å²) >= 11 is 0. The van der Waals surface area contributed by atoms with Crippen LogP contribution >= 0.6 is 0 Å². The van der Waals surface area contributed by atoms with Crippen molar-refractivity contribution in [2.45, 2.75) is 45.8 Å². The molecule has 0 bridgehead atoms. The number of rotatable bonds is 5. The Kier molecular flexibility index (Phi) is 5.68. The molecule has 0 spiro atoms. The van der Waals surface area contributed by atoms with Crippen molar-refractivity contribution in [1.82, 2.24) is 24.4 Å². The summed E-state index contributed by atoms with van der Waals surface area (Å²) in [6.45, 7) is 5.08. The van der Waals surface area contributed by atoms with Gasteiger partial charge in [-0.25, -0.2) is 9.78 Å². The number of carbonyl (C=O) groups is 1. The number of hydrogen-bond acceptors (Lipinski definition) is 6. The Bertz CT molecular complexity index is 916. The first-order chi connectivity index (χ1) is 12.9. The third-order valence-corrected chi connectivity index (χ3v) is 4.42. The second-order valence-corrected chi connectivity index (χ2v) is 6.67. The highest BCUT2D eigenvalue weighted by Gasteiger charge is 2.25. The van der Waals surface area contributed by atoms with Crippen LogP contribution in [0.15, 0.2) is 27.9 Å². The Morgan fingerprint density at radius 1 is 1.33 bits per heavy atom. The lowest BCUT2D eigenvalue weighted by Gasteiger charge is -2.32. The van der Waals surface area contributed by atoms with Crippen LogP contribution in [0, 0.1) is 13.8 Å². The molecule has 1 amide bonds. The molecule has 27 heavy (non-hydrogen) atoms. The van der Waals surface area contributed by atoms with Gasteiger partial charge in [-0.05, 0) is 26.7 Å². The number of amides is 1. The standard InChI is InChI=1S/C18H23N5O4/c1-12-10-16(20-13(2)19-12)27-14-4-3-7-23(11-14)17(25)6-9-22-8-5-15(24)21-18(22)26/h5,8,10,14H,3-4,6-7,9,11H2,1-2H3,(H,21,24,26). The first-order valence-electron chi connectivity index (χ1n) is 8.97. The number of ether oxygens (including phenoxy) is 1. The number of nitrogens with zero attached hydrogens (tertiary/aromatic N) is 4. The molecule has 144 valence electrons. The maximum Gasteiger partial charge on any atom is 0.328 e. The number of aromatic nitrogens is 4. The average Bonchev–Trinajstić information content (AvgIpc) is 2.60. The van der Waals surface area contributed by atoms with E-state index in [9.17, 15) is 14.4 Å². The Morgan fingerprint density at radius 2 is 2.15 bits per heavy atom. The summed E-state index contributed by atoms with van der Waals surface area (Å²) < 4.78 is 7.28. The predicted molar refractivity (Wildman–Crippen MR) is 97.7 cm³/mol. The van der Waals surface area contributed by atoms with Gasteiger partial charge in [0.15, 0.2) is 0 Å². The number of H-pyrrole nitrogens is 1. The van der Waals surface area contributed by atoms with E-state index >= 15 is 0 Å². The number of aromatic amines is 1. The zero-order valence-corrected chi connectivity index (χ0v) is 15.5. The van der Waals surface area contributed by atoms with E-state index in [-0.39, 0.29) is 25.0 Å². The molecule has 1 fully saturated rings. The van der Waals surface area contributed by atoms with Crippen LogP contribution in [0.4, 0.5) is 0 Å². The van der Waals surface area contributed by atoms with Gasteiger partial charge in [-0.15, -0.1) is 0 Å². The number of piperidine rings is 1. The van der Waals surface area contributed by atoms with Crippen LogP contribution in [0.5, 0.6) is 5.88 Å². The van der Waals surface area contributed by atoms with Gasteiger partial charge in [-0.3, -0.25) is 14.6 Å². The second-order valence-electron chi connectivity index (χ2n) is 6.67. The van der Waals surface area contributed by atoms with Gasteiger partial charge < -0.3 is 14.2 Å². The van der Waals surface area contributed by atoms with Crippen LogP contribution in [-0.4, -0.2) is 49.5 Å². The highest BCUT2D eigenvalue weighted by Crippen LogP contribution is 2.18. The van der Waals surface area contributed by atoms with Crippen molar-refractivity contribution in [3.63, 3.8) is 0 Å². The summed E-state index contributed by atoms with van der Waals surface area (Å²) in [6.07, 6.45) is 3.16. The van der Waals surface area contributed by atoms with Crippen molar-refractivity contribution in [2.75, 3.05) is 13.1 Å². The molecule has 9 nitrogen and oxygen atoms in total. The number of likely N-dealkylation sites (tertiary alicyclic amines) is 1. The van der Waals surface area contributed by atoms with E-state index in [0.717, 1.165) is 18.5 Å². The van der Waals surface area contributed by atoms with Crippen molar-refractivity contribution < 1.29 is 9.53 Å². The molecule has 2 aromatic heterocycles. The van der Waals surface area contributed by atoms with E-state index < -0.39 is 11.2 Å². The lowest BCUT2D eigenvalue weighted by Crippen LogP contribution is -2.45. The fourth-order valence-electron chi connectivity index (χ4n) is 3.17. The fourth-order valence-corrected chi connectivity index (χ4v) is 3.17. The molecule has 1 unspecified atom stereocenters. The summed E-state index contributed by atoms with van der Waals surface area (Å²) in [7, 11) is 0. The van der Waals surface area contributed by atoms with E-state index in [0.29, 0.717) is 24.8 Å². The Morgan fingerprint density at radius 3 is 2.89 bits per heavy atom.